The Morgan fingerprint density at radius 1 is 1.62 bits per heavy atom. The van der Waals surface area contributed by atoms with Crippen molar-refractivity contribution in [3.05, 3.63) is 0 Å². The average molecular weight is 228 g/mol. The molecule has 1 saturated heterocycles. The Balaban J connectivity index is 2.52. The monoisotopic (exact) mass is 228 g/mol. The maximum atomic E-state index is 12.1. The Labute approximate surface area is 98.0 Å². The van der Waals surface area contributed by atoms with Crippen molar-refractivity contribution in [2.24, 2.45) is 11.8 Å². The molecule has 0 aromatic rings. The molecule has 3 atom stereocenters. The van der Waals surface area contributed by atoms with Crippen LogP contribution < -0.4 is 5.32 Å². The summed E-state index contributed by atoms with van der Waals surface area (Å²) < 4.78 is 0. The first-order valence-electron chi connectivity index (χ1n) is 6.23. The number of hydrogen-bond donors (Lipinski definition) is 2. The number of rotatable bonds is 5. The van der Waals surface area contributed by atoms with Gasteiger partial charge < -0.3 is 15.3 Å². The van der Waals surface area contributed by atoms with E-state index in [2.05, 4.69) is 12.2 Å². The Kier molecular flexibility index (Phi) is 5.22. The number of aliphatic hydroxyl groups is 1. The molecule has 0 aromatic carbocycles. The van der Waals surface area contributed by atoms with Crippen LogP contribution in [0.5, 0.6) is 0 Å². The van der Waals surface area contributed by atoms with Crippen LogP contribution in [0.3, 0.4) is 0 Å². The fourth-order valence-corrected chi connectivity index (χ4v) is 2.29. The minimum Gasteiger partial charge on any atom is -0.394 e. The van der Waals surface area contributed by atoms with Gasteiger partial charge in [0, 0.05) is 19.0 Å². The molecule has 16 heavy (non-hydrogen) atoms. The molecule has 4 heteroatoms. The van der Waals surface area contributed by atoms with Crippen molar-refractivity contribution in [2.45, 2.75) is 33.2 Å². The molecule has 0 bridgehead atoms. The van der Waals surface area contributed by atoms with Crippen LogP contribution in [0.2, 0.25) is 0 Å². The second-order valence-electron chi connectivity index (χ2n) is 4.76. The molecule has 1 aliphatic rings. The standard InChI is InChI=1S/C12H24N2O2/c1-4-13-7-10(3)12(16)14-6-5-9(2)11(14)8-15/h9-11,13,15H,4-8H2,1-3H3. The van der Waals surface area contributed by atoms with Crippen molar-refractivity contribution in [3.63, 3.8) is 0 Å². The summed E-state index contributed by atoms with van der Waals surface area (Å²) in [6, 6.07) is 0.0246. The van der Waals surface area contributed by atoms with Gasteiger partial charge in [-0.15, -0.1) is 0 Å². The van der Waals surface area contributed by atoms with Gasteiger partial charge >= 0.3 is 0 Å². The van der Waals surface area contributed by atoms with Crippen LogP contribution >= 0.6 is 0 Å². The number of carbonyl (C=O) groups excluding carboxylic acids is 1. The molecular weight excluding hydrogens is 204 g/mol. The molecule has 0 saturated carbocycles. The van der Waals surface area contributed by atoms with Crippen LogP contribution in [0.25, 0.3) is 0 Å². The van der Waals surface area contributed by atoms with Crippen LogP contribution in [-0.2, 0) is 4.79 Å². The van der Waals surface area contributed by atoms with Gasteiger partial charge in [-0.1, -0.05) is 20.8 Å². The molecule has 1 amide bonds. The summed E-state index contributed by atoms with van der Waals surface area (Å²) in [7, 11) is 0. The minimum atomic E-state index is -0.000648. The number of nitrogens with zero attached hydrogens (tertiary/aromatic N) is 1. The summed E-state index contributed by atoms with van der Waals surface area (Å²) in [6.45, 7) is 8.57. The smallest absolute Gasteiger partial charge is 0.227 e. The molecule has 1 aliphatic heterocycles. The first kappa shape index (κ1) is 13.5. The van der Waals surface area contributed by atoms with E-state index in [9.17, 15) is 9.90 Å². The van der Waals surface area contributed by atoms with Crippen LogP contribution in [0, 0.1) is 11.8 Å². The van der Waals surface area contributed by atoms with E-state index in [4.69, 9.17) is 0 Å². The zero-order valence-electron chi connectivity index (χ0n) is 10.6. The largest absolute Gasteiger partial charge is 0.394 e. The highest BCUT2D eigenvalue weighted by molar-refractivity contribution is 5.79. The average Bonchev–Trinajstić information content (AvgIpc) is 2.66. The quantitative estimate of drug-likeness (QED) is 0.719. The number of amides is 1. The van der Waals surface area contributed by atoms with E-state index in [0.717, 1.165) is 26.1 Å². The highest BCUT2D eigenvalue weighted by atomic mass is 16.3. The van der Waals surface area contributed by atoms with E-state index in [1.54, 1.807) is 0 Å². The van der Waals surface area contributed by atoms with E-state index < -0.39 is 0 Å². The lowest BCUT2D eigenvalue weighted by Gasteiger charge is -2.28. The van der Waals surface area contributed by atoms with E-state index in [1.807, 2.05) is 18.7 Å². The first-order valence-corrected chi connectivity index (χ1v) is 6.23. The van der Waals surface area contributed by atoms with Gasteiger partial charge in [0.25, 0.3) is 0 Å². The summed E-state index contributed by atoms with van der Waals surface area (Å²) in [6.07, 6.45) is 1.00. The highest BCUT2D eigenvalue weighted by Crippen LogP contribution is 2.24. The molecule has 94 valence electrons. The van der Waals surface area contributed by atoms with Gasteiger partial charge in [-0.2, -0.15) is 0 Å². The third-order valence-electron chi connectivity index (χ3n) is 3.47. The SMILES string of the molecule is CCNCC(C)C(=O)N1CCC(C)C1CO. The lowest BCUT2D eigenvalue weighted by atomic mass is 10.0. The van der Waals surface area contributed by atoms with Crippen LogP contribution in [0.4, 0.5) is 0 Å². The summed E-state index contributed by atoms with van der Waals surface area (Å²) in [5, 5.41) is 12.5. The van der Waals surface area contributed by atoms with Gasteiger partial charge in [-0.3, -0.25) is 4.79 Å². The molecule has 0 radical (unpaired) electrons. The third kappa shape index (κ3) is 2.95. The van der Waals surface area contributed by atoms with Crippen molar-refractivity contribution in [1.82, 2.24) is 10.2 Å². The summed E-state index contributed by atoms with van der Waals surface area (Å²) in [4.78, 5) is 14.0. The molecule has 1 heterocycles. The van der Waals surface area contributed by atoms with Crippen LogP contribution in [0.1, 0.15) is 27.2 Å². The lowest BCUT2D eigenvalue weighted by molar-refractivity contribution is -0.136. The zero-order valence-corrected chi connectivity index (χ0v) is 10.6. The molecule has 2 N–H and O–H groups in total. The molecule has 0 spiro atoms. The van der Waals surface area contributed by atoms with Gasteiger partial charge in [0.2, 0.25) is 5.91 Å². The fourth-order valence-electron chi connectivity index (χ4n) is 2.29. The van der Waals surface area contributed by atoms with E-state index in [1.165, 1.54) is 0 Å². The summed E-state index contributed by atoms with van der Waals surface area (Å²) >= 11 is 0. The number of nitrogens with one attached hydrogen (secondary N) is 1. The number of aliphatic hydroxyl groups excluding tert-OH is 1. The Morgan fingerprint density at radius 2 is 2.31 bits per heavy atom. The molecule has 3 unspecified atom stereocenters. The maximum Gasteiger partial charge on any atom is 0.227 e. The topological polar surface area (TPSA) is 52.6 Å². The predicted molar refractivity (Wildman–Crippen MR) is 64.1 cm³/mol. The van der Waals surface area contributed by atoms with Gasteiger partial charge in [0.1, 0.15) is 0 Å². The summed E-state index contributed by atoms with van der Waals surface area (Å²) in [5.74, 6) is 0.587. The van der Waals surface area contributed by atoms with Crippen molar-refractivity contribution in [3.8, 4) is 0 Å². The minimum absolute atomic E-state index is 0.000648. The molecule has 0 aliphatic carbocycles. The number of likely N-dealkylation sites (tertiary alicyclic amines) is 1. The second kappa shape index (κ2) is 6.21. The van der Waals surface area contributed by atoms with E-state index in [0.29, 0.717) is 5.92 Å². The maximum absolute atomic E-state index is 12.1. The van der Waals surface area contributed by atoms with Crippen LogP contribution in [0.15, 0.2) is 0 Å². The third-order valence-corrected chi connectivity index (χ3v) is 3.47. The zero-order chi connectivity index (χ0) is 12.1. The molecule has 4 nitrogen and oxygen atoms in total. The summed E-state index contributed by atoms with van der Waals surface area (Å²) in [5.41, 5.74) is 0. The van der Waals surface area contributed by atoms with Crippen LogP contribution in [-0.4, -0.2) is 48.2 Å². The van der Waals surface area contributed by atoms with Gasteiger partial charge in [0.15, 0.2) is 0 Å². The fraction of sp³-hybridized carbons (Fsp3) is 0.917. The van der Waals surface area contributed by atoms with Gasteiger partial charge in [-0.25, -0.2) is 0 Å². The molecule has 0 aromatic heterocycles. The second-order valence-corrected chi connectivity index (χ2v) is 4.76. The van der Waals surface area contributed by atoms with Crippen molar-refractivity contribution in [2.75, 3.05) is 26.2 Å². The lowest BCUT2D eigenvalue weighted by Crippen LogP contribution is -2.44. The van der Waals surface area contributed by atoms with E-state index in [-0.39, 0.29) is 24.5 Å². The van der Waals surface area contributed by atoms with Gasteiger partial charge in [-0.05, 0) is 18.9 Å². The molecular formula is C12H24N2O2. The molecule has 1 rings (SSSR count). The number of hydrogen-bond acceptors (Lipinski definition) is 3. The number of carbonyl (C=O) groups is 1. The van der Waals surface area contributed by atoms with Crippen molar-refractivity contribution >= 4 is 5.91 Å². The highest BCUT2D eigenvalue weighted by Gasteiger charge is 2.35. The Bertz CT molecular complexity index is 233. The van der Waals surface area contributed by atoms with Gasteiger partial charge in [0.05, 0.1) is 12.6 Å². The van der Waals surface area contributed by atoms with Crippen molar-refractivity contribution in [1.29, 1.82) is 0 Å². The Hall–Kier alpha value is -0.610. The first-order chi connectivity index (χ1) is 7.61. The Morgan fingerprint density at radius 3 is 2.88 bits per heavy atom. The normalized spacial score (nSPS) is 27.1. The molecule has 1 fully saturated rings. The predicted octanol–water partition coefficient (Wildman–Crippen LogP) is 0.461. The van der Waals surface area contributed by atoms with Crippen molar-refractivity contribution < 1.29 is 9.90 Å². The van der Waals surface area contributed by atoms with E-state index >= 15 is 0 Å².